The number of ether oxygens (including phenoxy) is 1. The van der Waals surface area contributed by atoms with E-state index in [1.165, 1.54) is 7.11 Å². The maximum absolute atomic E-state index is 11.0. The van der Waals surface area contributed by atoms with Gasteiger partial charge < -0.3 is 10.1 Å². The van der Waals surface area contributed by atoms with Crippen molar-refractivity contribution in [3.05, 3.63) is 27.7 Å². The zero-order valence-corrected chi connectivity index (χ0v) is 12.4. The summed E-state index contributed by atoms with van der Waals surface area (Å²) in [6, 6.07) is 3.43. The quantitative estimate of drug-likeness (QED) is 0.648. The van der Waals surface area contributed by atoms with Gasteiger partial charge in [-0.15, -0.1) is 0 Å². The highest BCUT2D eigenvalue weighted by atomic mass is 35.5. The molecule has 1 aromatic carbocycles. The lowest BCUT2D eigenvalue weighted by molar-refractivity contribution is -0.129. The van der Waals surface area contributed by atoms with Gasteiger partial charge in [-0.3, -0.25) is 9.59 Å². The fourth-order valence-corrected chi connectivity index (χ4v) is 2.21. The van der Waals surface area contributed by atoms with Crippen LogP contribution >= 0.6 is 23.2 Å². The van der Waals surface area contributed by atoms with Crippen LogP contribution < -0.4 is 10.1 Å². The Balaban J connectivity index is 3.01. The number of aldehydes is 1. The Hall–Kier alpha value is -1.10. The fourth-order valence-electron chi connectivity index (χ4n) is 1.57. The highest BCUT2D eigenvalue weighted by Crippen LogP contribution is 2.36. The standard InChI is InChI=1S/C13H15Cl2NO3/c1-13(2,16-6-9(18)7-17)8-4-10(14)12(19-3)11(15)5-8/h4-5,7,16H,6H2,1-3H3. The molecule has 0 saturated carbocycles. The second kappa shape index (κ2) is 6.37. The molecule has 0 spiro atoms. The van der Waals surface area contributed by atoms with Gasteiger partial charge in [0.15, 0.2) is 12.0 Å². The molecular weight excluding hydrogens is 289 g/mol. The summed E-state index contributed by atoms with van der Waals surface area (Å²) in [7, 11) is 1.49. The van der Waals surface area contributed by atoms with Crippen molar-refractivity contribution in [1.82, 2.24) is 5.32 Å². The van der Waals surface area contributed by atoms with Gasteiger partial charge in [-0.25, -0.2) is 0 Å². The van der Waals surface area contributed by atoms with Crippen LogP contribution in [0.2, 0.25) is 10.0 Å². The predicted molar refractivity (Wildman–Crippen MR) is 75.1 cm³/mol. The summed E-state index contributed by atoms with van der Waals surface area (Å²) in [4.78, 5) is 21.3. The zero-order chi connectivity index (χ0) is 14.6. The van der Waals surface area contributed by atoms with Crippen molar-refractivity contribution >= 4 is 35.3 Å². The molecule has 0 aromatic heterocycles. The van der Waals surface area contributed by atoms with E-state index in [-0.39, 0.29) is 12.8 Å². The number of rotatable bonds is 6. The minimum atomic E-state index is -0.557. The van der Waals surface area contributed by atoms with E-state index in [2.05, 4.69) is 5.32 Å². The number of nitrogens with one attached hydrogen (secondary N) is 1. The lowest BCUT2D eigenvalue weighted by Crippen LogP contribution is -2.40. The van der Waals surface area contributed by atoms with E-state index in [0.29, 0.717) is 15.8 Å². The number of carbonyl (C=O) groups is 2. The SMILES string of the molecule is COc1c(Cl)cc(C(C)(C)NCC(=O)C=O)cc1Cl. The minimum Gasteiger partial charge on any atom is -0.494 e. The van der Waals surface area contributed by atoms with Crippen molar-refractivity contribution in [2.24, 2.45) is 0 Å². The normalized spacial score (nSPS) is 11.2. The Morgan fingerprint density at radius 1 is 1.37 bits per heavy atom. The Morgan fingerprint density at radius 2 is 1.89 bits per heavy atom. The van der Waals surface area contributed by atoms with Gasteiger partial charge in [0.25, 0.3) is 0 Å². The first-order valence-electron chi connectivity index (χ1n) is 5.58. The third-order valence-electron chi connectivity index (χ3n) is 2.76. The molecule has 1 N–H and O–H groups in total. The molecule has 0 atom stereocenters. The molecule has 19 heavy (non-hydrogen) atoms. The first kappa shape index (κ1) is 16.0. The van der Waals surface area contributed by atoms with Crippen LogP contribution in [0.5, 0.6) is 5.75 Å². The van der Waals surface area contributed by atoms with Crippen molar-refractivity contribution in [2.75, 3.05) is 13.7 Å². The van der Waals surface area contributed by atoms with Gasteiger partial charge in [0, 0.05) is 5.54 Å². The van der Waals surface area contributed by atoms with Crippen LogP contribution in [0.25, 0.3) is 0 Å². The summed E-state index contributed by atoms with van der Waals surface area (Å²) in [5, 5.41) is 3.76. The molecule has 0 heterocycles. The van der Waals surface area contributed by atoms with Gasteiger partial charge in [0.1, 0.15) is 0 Å². The molecule has 4 nitrogen and oxygen atoms in total. The molecule has 0 amide bonds. The van der Waals surface area contributed by atoms with Gasteiger partial charge in [-0.05, 0) is 31.5 Å². The summed E-state index contributed by atoms with van der Waals surface area (Å²) >= 11 is 12.1. The lowest BCUT2D eigenvalue weighted by atomic mass is 9.94. The van der Waals surface area contributed by atoms with Crippen LogP contribution in [0.1, 0.15) is 19.4 Å². The maximum Gasteiger partial charge on any atom is 0.208 e. The number of hydrogen-bond donors (Lipinski definition) is 1. The van der Waals surface area contributed by atoms with Crippen LogP contribution in [0.4, 0.5) is 0 Å². The first-order chi connectivity index (χ1) is 8.81. The molecule has 0 fully saturated rings. The van der Waals surface area contributed by atoms with Crippen LogP contribution in [-0.2, 0) is 15.1 Å². The smallest absolute Gasteiger partial charge is 0.208 e. The predicted octanol–water partition coefficient (Wildman–Crippen LogP) is 2.59. The van der Waals surface area contributed by atoms with E-state index < -0.39 is 11.3 Å². The fraction of sp³-hybridized carbons (Fsp3) is 0.385. The van der Waals surface area contributed by atoms with Gasteiger partial charge in [0.2, 0.25) is 5.78 Å². The Bertz CT molecular complexity index is 478. The Labute approximate surface area is 122 Å². The van der Waals surface area contributed by atoms with E-state index in [0.717, 1.165) is 5.56 Å². The third-order valence-corrected chi connectivity index (χ3v) is 3.32. The van der Waals surface area contributed by atoms with Gasteiger partial charge in [0.05, 0.1) is 23.7 Å². The minimum absolute atomic E-state index is 0.0439. The van der Waals surface area contributed by atoms with Gasteiger partial charge in [-0.2, -0.15) is 0 Å². The number of hydrogen-bond acceptors (Lipinski definition) is 4. The van der Waals surface area contributed by atoms with Crippen LogP contribution in [0.3, 0.4) is 0 Å². The highest BCUT2D eigenvalue weighted by Gasteiger charge is 2.23. The van der Waals surface area contributed by atoms with Crippen molar-refractivity contribution in [3.63, 3.8) is 0 Å². The number of halogens is 2. The summed E-state index contributed by atoms with van der Waals surface area (Å²) in [5.41, 5.74) is 0.236. The molecule has 0 saturated heterocycles. The number of methoxy groups -OCH3 is 1. The van der Waals surface area contributed by atoms with E-state index in [1.807, 2.05) is 13.8 Å². The average Bonchev–Trinajstić information content (AvgIpc) is 2.35. The maximum atomic E-state index is 11.0. The van der Waals surface area contributed by atoms with E-state index in [9.17, 15) is 9.59 Å². The van der Waals surface area contributed by atoms with Gasteiger partial charge in [-0.1, -0.05) is 23.2 Å². The molecule has 0 aliphatic rings. The first-order valence-corrected chi connectivity index (χ1v) is 6.34. The van der Waals surface area contributed by atoms with Crippen LogP contribution in [0.15, 0.2) is 12.1 Å². The molecule has 1 rings (SSSR count). The molecule has 1 aromatic rings. The molecular formula is C13H15Cl2NO3. The summed E-state index contributed by atoms with van der Waals surface area (Å²) in [6.45, 7) is 3.68. The van der Waals surface area contributed by atoms with Gasteiger partial charge >= 0.3 is 0 Å². The van der Waals surface area contributed by atoms with E-state index in [4.69, 9.17) is 27.9 Å². The number of carbonyl (C=O) groups excluding carboxylic acids is 2. The van der Waals surface area contributed by atoms with Crippen LogP contribution in [-0.4, -0.2) is 25.7 Å². The number of ketones is 1. The summed E-state index contributed by atoms with van der Waals surface area (Å²) < 4.78 is 5.07. The van der Waals surface area contributed by atoms with Crippen molar-refractivity contribution in [3.8, 4) is 5.75 Å². The molecule has 104 valence electrons. The Kier molecular flexibility index (Phi) is 5.35. The zero-order valence-electron chi connectivity index (χ0n) is 10.9. The van der Waals surface area contributed by atoms with E-state index in [1.54, 1.807) is 12.1 Å². The summed E-state index contributed by atoms with van der Waals surface area (Å²) in [6.07, 6.45) is 0.289. The second-order valence-corrected chi connectivity index (χ2v) is 5.35. The topological polar surface area (TPSA) is 55.4 Å². The average molecular weight is 304 g/mol. The van der Waals surface area contributed by atoms with Crippen LogP contribution in [0, 0.1) is 0 Å². The molecule has 0 unspecified atom stereocenters. The number of benzene rings is 1. The molecule has 6 heteroatoms. The molecule has 0 radical (unpaired) electrons. The van der Waals surface area contributed by atoms with Crippen molar-refractivity contribution in [2.45, 2.75) is 19.4 Å². The third kappa shape index (κ3) is 3.93. The summed E-state index contributed by atoms with van der Waals surface area (Å²) in [5.74, 6) is -0.106. The van der Waals surface area contributed by atoms with E-state index >= 15 is 0 Å². The number of Topliss-reactive ketones (excluding diaryl/α,β-unsaturated/α-hetero) is 1. The molecule has 0 bridgehead atoms. The van der Waals surface area contributed by atoms with Crippen molar-refractivity contribution < 1.29 is 14.3 Å². The largest absolute Gasteiger partial charge is 0.494 e. The Morgan fingerprint density at radius 3 is 2.32 bits per heavy atom. The highest BCUT2D eigenvalue weighted by molar-refractivity contribution is 6.37. The molecule has 0 aliphatic heterocycles. The monoisotopic (exact) mass is 303 g/mol. The second-order valence-electron chi connectivity index (χ2n) is 4.54. The molecule has 0 aliphatic carbocycles. The van der Waals surface area contributed by atoms with Crippen molar-refractivity contribution in [1.29, 1.82) is 0 Å². The lowest BCUT2D eigenvalue weighted by Gasteiger charge is -2.27.